The van der Waals surface area contributed by atoms with E-state index in [2.05, 4.69) is 10.3 Å². The lowest BCUT2D eigenvalue weighted by Crippen LogP contribution is -2.18. The van der Waals surface area contributed by atoms with Gasteiger partial charge >= 0.3 is 0 Å². The number of hydrogen-bond acceptors (Lipinski definition) is 3. The molecule has 0 saturated carbocycles. The molecule has 3 nitrogen and oxygen atoms in total. The van der Waals surface area contributed by atoms with E-state index >= 15 is 0 Å². The Morgan fingerprint density at radius 3 is 2.85 bits per heavy atom. The summed E-state index contributed by atoms with van der Waals surface area (Å²) in [7, 11) is 0. The normalized spacial score (nSPS) is 12.2. The lowest BCUT2D eigenvalue weighted by molar-refractivity contribution is -0.117. The molecule has 1 heterocycles. The first kappa shape index (κ1) is 15.3. The molecule has 1 unspecified atom stereocenters. The lowest BCUT2D eigenvalue weighted by Gasteiger charge is -2.10. The second kappa shape index (κ2) is 6.57. The number of aryl methyl sites for hydroxylation is 1. The molecule has 0 aliphatic carbocycles. The molecule has 1 N–H and O–H groups in total. The van der Waals surface area contributed by atoms with Crippen molar-refractivity contribution < 1.29 is 4.79 Å². The zero-order chi connectivity index (χ0) is 14.7. The van der Waals surface area contributed by atoms with Crippen LogP contribution >= 0.6 is 34.5 Å². The van der Waals surface area contributed by atoms with E-state index in [1.807, 2.05) is 31.4 Å². The molecule has 0 bridgehead atoms. The zero-order valence-corrected chi connectivity index (χ0v) is 13.4. The van der Waals surface area contributed by atoms with Gasteiger partial charge in [-0.25, -0.2) is 4.98 Å². The minimum atomic E-state index is -0.322. The Morgan fingerprint density at radius 2 is 2.25 bits per heavy atom. The third kappa shape index (κ3) is 3.51. The van der Waals surface area contributed by atoms with E-state index in [1.165, 1.54) is 11.3 Å². The average molecular weight is 329 g/mol. The number of halogens is 2. The highest BCUT2D eigenvalue weighted by Crippen LogP contribution is 2.24. The molecule has 1 aromatic carbocycles. The van der Waals surface area contributed by atoms with Crippen LogP contribution in [0.25, 0.3) is 0 Å². The van der Waals surface area contributed by atoms with Crippen molar-refractivity contribution in [2.45, 2.75) is 25.6 Å². The van der Waals surface area contributed by atoms with Gasteiger partial charge < -0.3 is 5.32 Å². The molecule has 106 valence electrons. The summed E-state index contributed by atoms with van der Waals surface area (Å²) in [6, 6.07) is 5.45. The van der Waals surface area contributed by atoms with Gasteiger partial charge in [0, 0.05) is 16.1 Å². The number of thiazole rings is 1. The summed E-state index contributed by atoms with van der Waals surface area (Å²) in [5, 5.41) is 6.11. The van der Waals surface area contributed by atoms with Crippen LogP contribution in [0.3, 0.4) is 0 Å². The number of rotatable bonds is 4. The van der Waals surface area contributed by atoms with E-state index in [0.717, 1.165) is 16.3 Å². The van der Waals surface area contributed by atoms with Gasteiger partial charge in [-0.1, -0.05) is 17.7 Å². The highest BCUT2D eigenvalue weighted by atomic mass is 35.5. The van der Waals surface area contributed by atoms with Crippen LogP contribution in [0.5, 0.6) is 0 Å². The Balaban J connectivity index is 2.08. The van der Waals surface area contributed by atoms with Crippen LogP contribution in [0.2, 0.25) is 5.02 Å². The van der Waals surface area contributed by atoms with Gasteiger partial charge in [0.05, 0.1) is 17.5 Å². The summed E-state index contributed by atoms with van der Waals surface area (Å²) in [5.41, 5.74) is 2.46. The maximum absolute atomic E-state index is 12.2. The third-order valence-corrected chi connectivity index (χ3v) is 4.67. The number of nitrogens with zero attached hydrogens (tertiary/aromatic N) is 1. The fourth-order valence-electron chi connectivity index (χ4n) is 1.62. The fraction of sp³-hybridized carbons (Fsp3) is 0.286. The third-order valence-electron chi connectivity index (χ3n) is 2.91. The number of aromatic nitrogens is 1. The molecule has 1 aromatic heterocycles. The van der Waals surface area contributed by atoms with Crippen molar-refractivity contribution in [1.29, 1.82) is 0 Å². The number of anilines is 1. The predicted molar refractivity (Wildman–Crippen MR) is 84.9 cm³/mol. The largest absolute Gasteiger partial charge is 0.325 e. The monoisotopic (exact) mass is 328 g/mol. The quantitative estimate of drug-likeness (QED) is 0.834. The van der Waals surface area contributed by atoms with Gasteiger partial charge in [0.1, 0.15) is 5.01 Å². The molecule has 0 saturated heterocycles. The summed E-state index contributed by atoms with van der Waals surface area (Å²) in [6.07, 6.45) is 0. The van der Waals surface area contributed by atoms with Crippen molar-refractivity contribution in [3.63, 3.8) is 0 Å². The number of alkyl halides is 1. The van der Waals surface area contributed by atoms with Crippen molar-refractivity contribution in [3.05, 3.63) is 44.9 Å². The summed E-state index contributed by atoms with van der Waals surface area (Å²) >= 11 is 13.2. The minimum Gasteiger partial charge on any atom is -0.325 e. The van der Waals surface area contributed by atoms with E-state index in [0.29, 0.717) is 16.6 Å². The van der Waals surface area contributed by atoms with Gasteiger partial charge in [-0.3, -0.25) is 4.79 Å². The molecule has 0 aliphatic rings. The number of nitrogens with one attached hydrogen (secondary N) is 1. The van der Waals surface area contributed by atoms with Crippen molar-refractivity contribution in [2.75, 3.05) is 5.32 Å². The molecular formula is C14H14Cl2N2OS. The number of benzene rings is 1. The Hall–Kier alpha value is -1.10. The van der Waals surface area contributed by atoms with Crippen LogP contribution in [0, 0.1) is 6.92 Å². The number of amides is 1. The van der Waals surface area contributed by atoms with E-state index in [9.17, 15) is 4.79 Å². The van der Waals surface area contributed by atoms with Gasteiger partial charge in [-0.15, -0.1) is 22.9 Å². The molecule has 20 heavy (non-hydrogen) atoms. The van der Waals surface area contributed by atoms with Gasteiger partial charge in [0.2, 0.25) is 5.91 Å². The smallest absolute Gasteiger partial charge is 0.234 e. The van der Waals surface area contributed by atoms with Crippen LogP contribution in [0.15, 0.2) is 23.6 Å². The average Bonchev–Trinajstić information content (AvgIpc) is 2.91. The number of carbonyl (C=O) groups is 1. The van der Waals surface area contributed by atoms with Crippen molar-refractivity contribution in [2.24, 2.45) is 0 Å². The summed E-state index contributed by atoms with van der Waals surface area (Å²) in [6.45, 7) is 3.74. The Labute approximate surface area is 131 Å². The number of carbonyl (C=O) groups excluding carboxylic acids is 1. The van der Waals surface area contributed by atoms with Crippen LogP contribution in [0.4, 0.5) is 5.69 Å². The summed E-state index contributed by atoms with van der Waals surface area (Å²) < 4.78 is 0. The molecule has 1 atom stereocenters. The lowest BCUT2D eigenvalue weighted by atomic mass is 10.1. The van der Waals surface area contributed by atoms with Gasteiger partial charge in [0.15, 0.2) is 0 Å². The molecule has 0 radical (unpaired) electrons. The van der Waals surface area contributed by atoms with E-state index in [1.54, 1.807) is 6.07 Å². The topological polar surface area (TPSA) is 42.0 Å². The highest BCUT2D eigenvalue weighted by Gasteiger charge is 2.19. The summed E-state index contributed by atoms with van der Waals surface area (Å²) in [5.74, 6) is -0.0734. The first-order chi connectivity index (χ1) is 9.51. The fourth-order valence-corrected chi connectivity index (χ4v) is 2.90. The Morgan fingerprint density at radius 1 is 1.50 bits per heavy atom. The minimum absolute atomic E-state index is 0.111. The van der Waals surface area contributed by atoms with Gasteiger partial charge in [-0.2, -0.15) is 0 Å². The highest BCUT2D eigenvalue weighted by molar-refractivity contribution is 7.09. The molecule has 0 spiro atoms. The van der Waals surface area contributed by atoms with E-state index in [4.69, 9.17) is 23.2 Å². The molecule has 2 aromatic rings. The maximum Gasteiger partial charge on any atom is 0.234 e. The second-order valence-corrected chi connectivity index (χ2v) is 6.05. The van der Waals surface area contributed by atoms with Crippen LogP contribution in [-0.4, -0.2) is 10.9 Å². The van der Waals surface area contributed by atoms with E-state index < -0.39 is 0 Å². The van der Waals surface area contributed by atoms with Crippen LogP contribution in [-0.2, 0) is 10.7 Å². The molecule has 2 rings (SSSR count). The molecule has 1 amide bonds. The second-order valence-electron chi connectivity index (χ2n) is 4.49. The SMILES string of the molecule is Cc1ccc(NC(=O)C(C)c2nc(CCl)cs2)cc1Cl. The van der Waals surface area contributed by atoms with Crippen molar-refractivity contribution >= 4 is 46.1 Å². The summed E-state index contributed by atoms with van der Waals surface area (Å²) in [4.78, 5) is 16.5. The van der Waals surface area contributed by atoms with Crippen molar-refractivity contribution in [1.82, 2.24) is 4.98 Å². The molecule has 6 heteroatoms. The first-order valence-corrected chi connectivity index (χ1v) is 7.87. The Kier molecular flexibility index (Phi) is 5.02. The number of hydrogen-bond donors (Lipinski definition) is 1. The Bertz CT molecular complexity index is 627. The molecule has 0 aliphatic heterocycles. The first-order valence-electron chi connectivity index (χ1n) is 6.08. The predicted octanol–water partition coefficient (Wildman–Crippen LogP) is 4.59. The van der Waals surface area contributed by atoms with Crippen LogP contribution < -0.4 is 5.32 Å². The van der Waals surface area contributed by atoms with Gasteiger partial charge in [-0.05, 0) is 31.5 Å². The maximum atomic E-state index is 12.2. The van der Waals surface area contributed by atoms with Crippen molar-refractivity contribution in [3.8, 4) is 0 Å². The standard InChI is InChI=1S/C14H14Cl2N2OS/c1-8-3-4-10(5-12(8)16)17-13(19)9(2)14-18-11(6-15)7-20-14/h3-5,7,9H,6H2,1-2H3,(H,17,19). The zero-order valence-electron chi connectivity index (χ0n) is 11.1. The van der Waals surface area contributed by atoms with E-state index in [-0.39, 0.29) is 11.8 Å². The van der Waals surface area contributed by atoms with Gasteiger partial charge in [0.25, 0.3) is 0 Å². The molecular weight excluding hydrogens is 315 g/mol. The van der Waals surface area contributed by atoms with Crippen LogP contribution in [0.1, 0.15) is 29.1 Å². The molecule has 0 fully saturated rings.